The van der Waals surface area contributed by atoms with Gasteiger partial charge in [0.05, 0.1) is 36.1 Å². The number of hydrogen-bond acceptors (Lipinski definition) is 5. The molecule has 2 aromatic rings. The van der Waals surface area contributed by atoms with Gasteiger partial charge in [-0.05, 0) is 67.5 Å². The van der Waals surface area contributed by atoms with Crippen LogP contribution in [0, 0.1) is 23.1 Å². The predicted molar refractivity (Wildman–Crippen MR) is 127 cm³/mol. The monoisotopic (exact) mass is 464 g/mol. The number of nitriles is 1. The van der Waals surface area contributed by atoms with Gasteiger partial charge < -0.3 is 15.0 Å². The van der Waals surface area contributed by atoms with Gasteiger partial charge in [-0.15, -0.1) is 0 Å². The minimum Gasteiger partial charge on any atom is -0.442 e. The van der Waals surface area contributed by atoms with Crippen LogP contribution in [0.15, 0.2) is 42.5 Å². The summed E-state index contributed by atoms with van der Waals surface area (Å²) in [5.74, 6) is 0.0451. The van der Waals surface area contributed by atoms with Crippen molar-refractivity contribution in [3.63, 3.8) is 0 Å². The molecule has 8 heteroatoms. The van der Waals surface area contributed by atoms with E-state index in [0.29, 0.717) is 22.9 Å². The van der Waals surface area contributed by atoms with Gasteiger partial charge in [-0.3, -0.25) is 9.69 Å². The molecule has 2 aliphatic heterocycles. The fourth-order valence-corrected chi connectivity index (χ4v) is 4.60. The number of rotatable bonds is 7. The molecular formula is C26H29FN4O3. The molecule has 0 unspecified atom stereocenters. The molecule has 34 heavy (non-hydrogen) atoms. The lowest BCUT2D eigenvalue weighted by atomic mass is 9.90. The van der Waals surface area contributed by atoms with E-state index in [1.807, 2.05) is 24.3 Å². The van der Waals surface area contributed by atoms with Gasteiger partial charge in [0, 0.05) is 20.0 Å². The van der Waals surface area contributed by atoms with Gasteiger partial charge in [-0.2, -0.15) is 5.26 Å². The quantitative estimate of drug-likeness (QED) is 0.669. The number of nitrogens with one attached hydrogen (secondary N) is 1. The zero-order chi connectivity index (χ0) is 24.1. The molecule has 2 aromatic carbocycles. The number of halogens is 1. The molecule has 7 nitrogen and oxygen atoms in total. The highest BCUT2D eigenvalue weighted by Gasteiger charge is 2.33. The molecular weight excluding hydrogens is 435 g/mol. The third kappa shape index (κ3) is 5.66. The average Bonchev–Trinajstić information content (AvgIpc) is 3.22. The van der Waals surface area contributed by atoms with Crippen molar-refractivity contribution >= 4 is 23.4 Å². The van der Waals surface area contributed by atoms with Crippen molar-refractivity contribution in [3.05, 3.63) is 59.4 Å². The van der Waals surface area contributed by atoms with Crippen LogP contribution >= 0.6 is 0 Å². The highest BCUT2D eigenvalue weighted by atomic mass is 19.1. The minimum atomic E-state index is -0.536. The van der Waals surface area contributed by atoms with E-state index in [9.17, 15) is 14.0 Å². The number of benzene rings is 2. The second kappa shape index (κ2) is 10.6. The molecule has 1 atom stereocenters. The summed E-state index contributed by atoms with van der Waals surface area (Å²) >= 11 is 0. The Hall–Kier alpha value is -3.60. The van der Waals surface area contributed by atoms with Gasteiger partial charge in [-0.25, -0.2) is 9.18 Å². The number of hydrogen-bond donors (Lipinski definition) is 1. The third-order valence-electron chi connectivity index (χ3n) is 6.58. The molecule has 2 amide bonds. The summed E-state index contributed by atoms with van der Waals surface area (Å²) in [4.78, 5) is 26.8. The largest absolute Gasteiger partial charge is 0.442 e. The second-order valence-corrected chi connectivity index (χ2v) is 8.97. The van der Waals surface area contributed by atoms with Crippen LogP contribution < -0.4 is 15.1 Å². The number of carbonyl (C=O) groups excluding carboxylic acids is 2. The number of carbonyl (C=O) groups is 2. The fraction of sp³-hybridized carbons (Fsp3) is 0.423. The van der Waals surface area contributed by atoms with Crippen molar-refractivity contribution in [1.82, 2.24) is 5.32 Å². The molecule has 0 radical (unpaired) electrons. The Morgan fingerprint density at radius 2 is 1.94 bits per heavy atom. The van der Waals surface area contributed by atoms with Crippen molar-refractivity contribution < 1.29 is 18.7 Å². The van der Waals surface area contributed by atoms with Crippen molar-refractivity contribution in [2.45, 2.75) is 38.7 Å². The first-order valence-corrected chi connectivity index (χ1v) is 11.7. The topological polar surface area (TPSA) is 85.7 Å². The zero-order valence-electron chi connectivity index (χ0n) is 19.3. The number of piperidine rings is 1. The van der Waals surface area contributed by atoms with Gasteiger partial charge in [0.15, 0.2) is 0 Å². The van der Waals surface area contributed by atoms with E-state index in [1.165, 1.54) is 23.5 Å². The SMILES string of the molecule is CC(=O)NC[C@H]1CN(c2ccc(N3CCC(CCc4ccc(C#N)cc4)CC3)c(F)c2)C(=O)O1. The first-order valence-electron chi connectivity index (χ1n) is 11.7. The summed E-state index contributed by atoms with van der Waals surface area (Å²) in [6, 6.07) is 14.8. The molecule has 1 N–H and O–H groups in total. The zero-order valence-corrected chi connectivity index (χ0v) is 19.3. The van der Waals surface area contributed by atoms with Gasteiger partial charge >= 0.3 is 6.09 Å². The normalized spacial score (nSPS) is 18.5. The van der Waals surface area contributed by atoms with Gasteiger partial charge in [0.2, 0.25) is 5.91 Å². The summed E-state index contributed by atoms with van der Waals surface area (Å²) in [7, 11) is 0. The summed E-state index contributed by atoms with van der Waals surface area (Å²) in [6.07, 6.45) is 3.07. The minimum absolute atomic E-state index is 0.192. The number of amides is 2. The van der Waals surface area contributed by atoms with Gasteiger partial charge in [0.1, 0.15) is 11.9 Å². The molecule has 0 aliphatic carbocycles. The molecule has 4 rings (SSSR count). The van der Waals surface area contributed by atoms with Crippen LogP contribution in [0.3, 0.4) is 0 Å². The van der Waals surface area contributed by atoms with E-state index in [0.717, 1.165) is 38.8 Å². The van der Waals surface area contributed by atoms with Crippen LogP contribution in [0.2, 0.25) is 0 Å². The summed E-state index contributed by atoms with van der Waals surface area (Å²) < 4.78 is 20.3. The van der Waals surface area contributed by atoms with Crippen LogP contribution in [0.4, 0.5) is 20.6 Å². The molecule has 2 saturated heterocycles. The van der Waals surface area contributed by atoms with Crippen molar-refractivity contribution in [2.24, 2.45) is 5.92 Å². The van der Waals surface area contributed by atoms with E-state index in [2.05, 4.69) is 16.3 Å². The van der Waals surface area contributed by atoms with Crippen molar-refractivity contribution in [1.29, 1.82) is 5.26 Å². The first-order chi connectivity index (χ1) is 16.4. The Labute approximate surface area is 199 Å². The van der Waals surface area contributed by atoms with E-state index < -0.39 is 12.2 Å². The van der Waals surface area contributed by atoms with Crippen molar-refractivity contribution in [2.75, 3.05) is 36.0 Å². The molecule has 2 heterocycles. The van der Waals surface area contributed by atoms with Gasteiger partial charge in [-0.1, -0.05) is 12.1 Å². The average molecular weight is 465 g/mol. The number of cyclic esters (lactones) is 1. The van der Waals surface area contributed by atoms with Crippen molar-refractivity contribution in [3.8, 4) is 6.07 Å². The molecule has 0 saturated carbocycles. The lowest BCUT2D eigenvalue weighted by Crippen LogP contribution is -2.34. The Kier molecular flexibility index (Phi) is 7.31. The second-order valence-electron chi connectivity index (χ2n) is 8.97. The molecule has 0 bridgehead atoms. The lowest BCUT2D eigenvalue weighted by molar-refractivity contribution is -0.119. The van der Waals surface area contributed by atoms with E-state index in [-0.39, 0.29) is 24.8 Å². The summed E-state index contributed by atoms with van der Waals surface area (Å²) in [6.45, 7) is 3.49. The fourth-order valence-electron chi connectivity index (χ4n) is 4.60. The number of nitrogens with zero attached hydrogens (tertiary/aromatic N) is 3. The first kappa shape index (κ1) is 23.6. The molecule has 178 valence electrons. The van der Waals surface area contributed by atoms with E-state index in [1.54, 1.807) is 12.1 Å². The van der Waals surface area contributed by atoms with Crippen LogP contribution in [-0.2, 0) is 16.0 Å². The highest BCUT2D eigenvalue weighted by Crippen LogP contribution is 2.31. The standard InChI is InChI=1S/C26H29FN4O3/c1-18(32)29-16-23-17-31(26(33)34-23)22-8-9-25(24(27)14-22)30-12-10-20(11-13-30)3-2-19-4-6-21(15-28)7-5-19/h4-9,14,20,23H,2-3,10-13,16-17H2,1H3,(H,29,32)/t23-/m0/s1. The number of anilines is 2. The van der Waals surface area contributed by atoms with E-state index in [4.69, 9.17) is 10.00 Å². The van der Waals surface area contributed by atoms with Crippen LogP contribution in [-0.4, -0.2) is 44.3 Å². The molecule has 2 aliphatic rings. The maximum absolute atomic E-state index is 15.0. The smallest absolute Gasteiger partial charge is 0.414 e. The molecule has 0 aromatic heterocycles. The maximum atomic E-state index is 15.0. The Morgan fingerprint density at radius 1 is 1.21 bits per heavy atom. The Balaban J connectivity index is 1.29. The number of aryl methyl sites for hydroxylation is 1. The molecule has 2 fully saturated rings. The molecule has 0 spiro atoms. The predicted octanol–water partition coefficient (Wildman–Crippen LogP) is 4.01. The maximum Gasteiger partial charge on any atom is 0.414 e. The highest BCUT2D eigenvalue weighted by molar-refractivity contribution is 5.90. The van der Waals surface area contributed by atoms with Gasteiger partial charge in [0.25, 0.3) is 0 Å². The van der Waals surface area contributed by atoms with E-state index >= 15 is 0 Å². The van der Waals surface area contributed by atoms with Crippen LogP contribution in [0.25, 0.3) is 0 Å². The lowest BCUT2D eigenvalue weighted by Gasteiger charge is -2.34. The Morgan fingerprint density at radius 3 is 2.59 bits per heavy atom. The van der Waals surface area contributed by atoms with Crippen LogP contribution in [0.5, 0.6) is 0 Å². The van der Waals surface area contributed by atoms with Crippen LogP contribution in [0.1, 0.15) is 37.3 Å². The summed E-state index contributed by atoms with van der Waals surface area (Å²) in [5, 5.41) is 11.5. The number of ether oxygens (including phenoxy) is 1. The summed E-state index contributed by atoms with van der Waals surface area (Å²) in [5.41, 5.74) is 2.92. The Bertz CT molecular complexity index is 1070. The third-order valence-corrected chi connectivity index (χ3v) is 6.58.